The monoisotopic (exact) mass is 209 g/mol. The van der Waals surface area contributed by atoms with E-state index in [1.54, 1.807) is 12.1 Å². The molecule has 0 aliphatic rings. The number of nitrogens with one attached hydrogen (secondary N) is 1. The Balaban J connectivity index is 3.11. The number of benzene rings is 1. The highest BCUT2D eigenvalue weighted by Crippen LogP contribution is 2.27. The molecule has 0 aliphatic carbocycles. The van der Waals surface area contributed by atoms with E-state index in [2.05, 4.69) is 5.32 Å². The van der Waals surface area contributed by atoms with Gasteiger partial charge in [0.2, 0.25) is 5.91 Å². The largest absolute Gasteiger partial charge is 0.326 e. The Bertz CT molecular complexity index is 380. The summed E-state index contributed by atoms with van der Waals surface area (Å²) in [5.74, 6) is -0.391. The lowest BCUT2D eigenvalue weighted by Gasteiger charge is -2.20. The Morgan fingerprint density at radius 2 is 1.93 bits per heavy atom. The van der Waals surface area contributed by atoms with Crippen molar-refractivity contribution in [2.45, 2.75) is 33.1 Å². The van der Waals surface area contributed by atoms with Crippen LogP contribution in [0.15, 0.2) is 18.2 Å². The van der Waals surface area contributed by atoms with Gasteiger partial charge < -0.3 is 5.32 Å². The molecule has 0 fully saturated rings. The second kappa shape index (κ2) is 4.01. The van der Waals surface area contributed by atoms with Crippen LogP contribution in [0.25, 0.3) is 0 Å². The molecule has 0 saturated heterocycles. The van der Waals surface area contributed by atoms with Crippen molar-refractivity contribution in [1.82, 2.24) is 0 Å². The second-order valence-corrected chi connectivity index (χ2v) is 4.63. The molecular weight excluding hydrogens is 193 g/mol. The molecule has 1 aromatic rings. The number of hydrogen-bond acceptors (Lipinski definition) is 1. The predicted molar refractivity (Wildman–Crippen MR) is 59.4 cm³/mol. The van der Waals surface area contributed by atoms with Crippen LogP contribution in [0.3, 0.4) is 0 Å². The molecule has 2 nitrogen and oxygen atoms in total. The molecule has 0 spiro atoms. The fourth-order valence-electron chi connectivity index (χ4n) is 1.38. The van der Waals surface area contributed by atoms with Crippen molar-refractivity contribution in [2.24, 2.45) is 0 Å². The van der Waals surface area contributed by atoms with Gasteiger partial charge in [-0.1, -0.05) is 20.8 Å². The van der Waals surface area contributed by atoms with Gasteiger partial charge in [-0.15, -0.1) is 0 Å². The van der Waals surface area contributed by atoms with Gasteiger partial charge in [-0.25, -0.2) is 4.39 Å². The van der Waals surface area contributed by atoms with Crippen LogP contribution >= 0.6 is 0 Å². The average molecular weight is 209 g/mol. The van der Waals surface area contributed by atoms with Gasteiger partial charge in [-0.3, -0.25) is 4.79 Å². The van der Waals surface area contributed by atoms with Crippen LogP contribution in [0.2, 0.25) is 0 Å². The number of rotatable bonds is 1. The van der Waals surface area contributed by atoms with E-state index >= 15 is 0 Å². The number of amides is 1. The number of anilines is 1. The third-order valence-corrected chi connectivity index (χ3v) is 2.09. The molecule has 0 atom stereocenters. The maximum Gasteiger partial charge on any atom is 0.221 e. The van der Waals surface area contributed by atoms with Gasteiger partial charge in [0.1, 0.15) is 5.82 Å². The lowest BCUT2D eigenvalue weighted by atomic mass is 9.86. The predicted octanol–water partition coefficient (Wildman–Crippen LogP) is 3.08. The van der Waals surface area contributed by atoms with E-state index in [0.717, 1.165) is 0 Å². The molecule has 0 bridgehead atoms. The third kappa shape index (κ3) is 3.05. The Morgan fingerprint density at radius 3 is 2.40 bits per heavy atom. The first-order valence-corrected chi connectivity index (χ1v) is 4.88. The van der Waals surface area contributed by atoms with E-state index in [0.29, 0.717) is 11.3 Å². The molecule has 82 valence electrons. The molecule has 1 N–H and O–H groups in total. The normalized spacial score (nSPS) is 11.3. The Labute approximate surface area is 89.5 Å². The summed E-state index contributed by atoms with van der Waals surface area (Å²) in [7, 11) is 0. The van der Waals surface area contributed by atoms with Crippen LogP contribution in [0.4, 0.5) is 10.1 Å². The fourth-order valence-corrected chi connectivity index (χ4v) is 1.38. The molecule has 15 heavy (non-hydrogen) atoms. The van der Waals surface area contributed by atoms with Gasteiger partial charge in [0.15, 0.2) is 0 Å². The molecular formula is C12H16FNO. The molecule has 0 saturated carbocycles. The highest BCUT2D eigenvalue weighted by molar-refractivity contribution is 5.88. The van der Waals surface area contributed by atoms with E-state index in [1.165, 1.54) is 13.0 Å². The van der Waals surface area contributed by atoms with E-state index in [1.807, 2.05) is 20.8 Å². The zero-order valence-electron chi connectivity index (χ0n) is 9.52. The summed E-state index contributed by atoms with van der Waals surface area (Å²) in [6.07, 6.45) is 0. The number of carbonyl (C=O) groups is 1. The first kappa shape index (κ1) is 11.7. The topological polar surface area (TPSA) is 29.1 Å². The van der Waals surface area contributed by atoms with Gasteiger partial charge >= 0.3 is 0 Å². The number of halogens is 1. The SMILES string of the molecule is CC(=O)Nc1ccc(F)c(C(C)(C)C)c1. The standard InChI is InChI=1S/C12H16FNO/c1-8(15)14-9-5-6-11(13)10(7-9)12(2,3)4/h5-7H,1-4H3,(H,14,15). The minimum absolute atomic E-state index is 0.151. The highest BCUT2D eigenvalue weighted by Gasteiger charge is 2.18. The summed E-state index contributed by atoms with van der Waals surface area (Å²) in [5.41, 5.74) is 0.973. The summed E-state index contributed by atoms with van der Waals surface area (Å²) >= 11 is 0. The van der Waals surface area contributed by atoms with Crippen molar-refractivity contribution in [3.05, 3.63) is 29.6 Å². The van der Waals surface area contributed by atoms with Crippen molar-refractivity contribution in [2.75, 3.05) is 5.32 Å². The maximum atomic E-state index is 13.5. The molecule has 3 heteroatoms. The molecule has 1 aromatic carbocycles. The minimum atomic E-state index is -0.265. The summed E-state index contributed by atoms with van der Waals surface area (Å²) in [4.78, 5) is 10.9. The van der Waals surface area contributed by atoms with E-state index in [-0.39, 0.29) is 17.1 Å². The average Bonchev–Trinajstić information content (AvgIpc) is 2.05. The van der Waals surface area contributed by atoms with Crippen LogP contribution in [0, 0.1) is 5.82 Å². The van der Waals surface area contributed by atoms with E-state index in [4.69, 9.17) is 0 Å². The minimum Gasteiger partial charge on any atom is -0.326 e. The van der Waals surface area contributed by atoms with Crippen LogP contribution < -0.4 is 5.32 Å². The zero-order valence-corrected chi connectivity index (χ0v) is 9.52. The molecule has 0 unspecified atom stereocenters. The molecule has 0 aromatic heterocycles. The van der Waals surface area contributed by atoms with E-state index in [9.17, 15) is 9.18 Å². The van der Waals surface area contributed by atoms with Gasteiger partial charge in [0.25, 0.3) is 0 Å². The second-order valence-electron chi connectivity index (χ2n) is 4.63. The van der Waals surface area contributed by atoms with Crippen LogP contribution in [-0.2, 0) is 10.2 Å². The highest BCUT2D eigenvalue weighted by atomic mass is 19.1. The van der Waals surface area contributed by atoms with E-state index < -0.39 is 0 Å². The fraction of sp³-hybridized carbons (Fsp3) is 0.417. The van der Waals surface area contributed by atoms with Crippen LogP contribution in [0.1, 0.15) is 33.3 Å². The summed E-state index contributed by atoms with van der Waals surface area (Å²) in [6.45, 7) is 7.23. The molecule has 0 radical (unpaired) electrons. The quantitative estimate of drug-likeness (QED) is 0.756. The van der Waals surface area contributed by atoms with Crippen molar-refractivity contribution in [3.63, 3.8) is 0 Å². The number of carbonyl (C=O) groups excluding carboxylic acids is 1. The van der Waals surface area contributed by atoms with Crippen LogP contribution in [0.5, 0.6) is 0 Å². The smallest absolute Gasteiger partial charge is 0.221 e. The molecule has 0 heterocycles. The van der Waals surface area contributed by atoms with Gasteiger partial charge in [0, 0.05) is 12.6 Å². The van der Waals surface area contributed by atoms with Gasteiger partial charge in [-0.2, -0.15) is 0 Å². The third-order valence-electron chi connectivity index (χ3n) is 2.09. The van der Waals surface area contributed by atoms with Gasteiger partial charge in [0.05, 0.1) is 0 Å². The molecule has 0 aliphatic heterocycles. The lowest BCUT2D eigenvalue weighted by Crippen LogP contribution is -2.15. The first-order chi connectivity index (χ1) is 6.80. The Morgan fingerprint density at radius 1 is 1.33 bits per heavy atom. The van der Waals surface area contributed by atoms with Crippen molar-refractivity contribution >= 4 is 11.6 Å². The zero-order chi connectivity index (χ0) is 11.6. The van der Waals surface area contributed by atoms with Crippen molar-refractivity contribution in [3.8, 4) is 0 Å². The summed E-state index contributed by atoms with van der Waals surface area (Å²) in [6, 6.07) is 4.62. The Kier molecular flexibility index (Phi) is 3.12. The first-order valence-electron chi connectivity index (χ1n) is 4.88. The number of hydrogen-bond donors (Lipinski definition) is 1. The lowest BCUT2D eigenvalue weighted by molar-refractivity contribution is -0.114. The molecule has 1 rings (SSSR count). The summed E-state index contributed by atoms with van der Waals surface area (Å²) < 4.78 is 13.5. The van der Waals surface area contributed by atoms with Crippen molar-refractivity contribution < 1.29 is 9.18 Å². The van der Waals surface area contributed by atoms with Crippen molar-refractivity contribution in [1.29, 1.82) is 0 Å². The van der Waals surface area contributed by atoms with Crippen LogP contribution in [-0.4, -0.2) is 5.91 Å². The molecule has 1 amide bonds. The Hall–Kier alpha value is -1.38. The summed E-state index contributed by atoms with van der Waals surface area (Å²) in [5, 5.41) is 2.64. The van der Waals surface area contributed by atoms with Gasteiger partial charge in [-0.05, 0) is 29.2 Å². The maximum absolute atomic E-state index is 13.5.